The summed E-state index contributed by atoms with van der Waals surface area (Å²) in [5, 5.41) is 6.89. The third-order valence-electron chi connectivity index (χ3n) is 10.8. The molecule has 8 aromatic carbocycles. The van der Waals surface area contributed by atoms with Gasteiger partial charge in [0.1, 0.15) is 0 Å². The third-order valence-corrected chi connectivity index (χ3v) is 13.9. The van der Waals surface area contributed by atoms with Gasteiger partial charge in [0.05, 0.1) is 0 Å². The van der Waals surface area contributed by atoms with Crippen LogP contribution in [0.2, 0.25) is 0 Å². The average molecular weight is 677 g/mol. The smallest absolute Gasteiger partial charge is 0.178 e. The fourth-order valence-corrected chi connectivity index (χ4v) is 10.8. The molecule has 0 radical (unpaired) electrons. The second kappa shape index (κ2) is 11.1. The highest BCUT2D eigenvalue weighted by Gasteiger charge is 2.38. The van der Waals surface area contributed by atoms with Crippen LogP contribution in [0.1, 0.15) is 25.0 Å². The van der Waals surface area contributed by atoms with Crippen LogP contribution in [-0.2, 0) is 9.98 Å². The van der Waals surface area contributed by atoms with Crippen LogP contribution in [0.3, 0.4) is 0 Å². The van der Waals surface area contributed by atoms with Gasteiger partial charge in [-0.15, -0.1) is 0 Å². The molecule has 0 saturated carbocycles. The summed E-state index contributed by atoms with van der Waals surface area (Å²) >= 11 is 0. The van der Waals surface area contributed by atoms with E-state index in [2.05, 4.69) is 98.8 Å². The van der Waals surface area contributed by atoms with E-state index in [4.69, 9.17) is 9.47 Å². The van der Waals surface area contributed by atoms with Gasteiger partial charge in [-0.2, -0.15) is 0 Å². The Morgan fingerprint density at radius 3 is 1.51 bits per heavy atom. The van der Waals surface area contributed by atoms with Crippen LogP contribution in [0, 0.1) is 0 Å². The van der Waals surface area contributed by atoms with Gasteiger partial charge >= 0.3 is 0 Å². The molecule has 0 fully saturated rings. The molecular formula is C47H33O3P. The molecule has 0 spiro atoms. The molecule has 0 amide bonds. The van der Waals surface area contributed by atoms with Gasteiger partial charge in [-0.05, 0) is 68.4 Å². The van der Waals surface area contributed by atoms with Crippen molar-refractivity contribution in [1.29, 1.82) is 0 Å². The van der Waals surface area contributed by atoms with Crippen molar-refractivity contribution in [2.24, 2.45) is 0 Å². The van der Waals surface area contributed by atoms with Crippen LogP contribution >= 0.6 is 7.14 Å². The van der Waals surface area contributed by atoms with Crippen LogP contribution < -0.4 is 25.4 Å². The minimum Gasteiger partial charge on any atom is -0.449 e. The first-order chi connectivity index (χ1) is 24.9. The highest BCUT2D eigenvalue weighted by Crippen LogP contribution is 2.55. The maximum absolute atomic E-state index is 15.3. The van der Waals surface area contributed by atoms with Crippen LogP contribution in [0.4, 0.5) is 0 Å². The SMILES string of the molecule is CC1(C)c2cc(-c3ccc4c(c3)Oc3c(c5ccccc5c5ccccc35)O4)ccc2-c2ccc(P(=O)(c3ccccc3)c3ccccc3)cc21. The lowest BCUT2D eigenvalue weighted by molar-refractivity contribution is 0.367. The summed E-state index contributed by atoms with van der Waals surface area (Å²) in [6, 6.07) is 55.9. The van der Waals surface area contributed by atoms with Gasteiger partial charge in [-0.3, -0.25) is 0 Å². The molecule has 1 heterocycles. The summed E-state index contributed by atoms with van der Waals surface area (Å²) in [5.74, 6) is 2.91. The van der Waals surface area contributed by atoms with E-state index >= 15 is 4.57 Å². The van der Waals surface area contributed by atoms with Crippen LogP contribution in [-0.4, -0.2) is 0 Å². The van der Waals surface area contributed by atoms with E-state index in [1.165, 1.54) is 22.3 Å². The minimum absolute atomic E-state index is 0.304. The van der Waals surface area contributed by atoms with Crippen LogP contribution in [0.25, 0.3) is 43.8 Å². The fraction of sp³-hybridized carbons (Fsp3) is 0.0638. The zero-order chi connectivity index (χ0) is 34.3. The molecule has 0 N–H and O–H groups in total. The zero-order valence-corrected chi connectivity index (χ0v) is 29.2. The summed E-state index contributed by atoms with van der Waals surface area (Å²) < 4.78 is 28.6. The molecule has 0 atom stereocenters. The van der Waals surface area contributed by atoms with Crippen LogP contribution in [0.5, 0.6) is 23.0 Å². The highest BCUT2D eigenvalue weighted by molar-refractivity contribution is 7.85. The van der Waals surface area contributed by atoms with E-state index in [0.717, 1.165) is 60.1 Å². The lowest BCUT2D eigenvalue weighted by atomic mass is 9.81. The van der Waals surface area contributed by atoms with Crippen molar-refractivity contribution in [2.75, 3.05) is 0 Å². The summed E-state index contributed by atoms with van der Waals surface area (Å²) in [5.41, 5.74) is 6.70. The number of ether oxygens (including phenoxy) is 2. The summed E-state index contributed by atoms with van der Waals surface area (Å²) in [6.07, 6.45) is 0. The first-order valence-electron chi connectivity index (χ1n) is 17.4. The molecule has 10 rings (SSSR count). The van der Waals surface area contributed by atoms with E-state index in [0.29, 0.717) is 11.5 Å². The molecule has 0 saturated heterocycles. The number of hydrogen-bond donors (Lipinski definition) is 0. The molecule has 51 heavy (non-hydrogen) atoms. The van der Waals surface area contributed by atoms with Crippen molar-refractivity contribution in [3.8, 4) is 45.3 Å². The minimum atomic E-state index is -3.11. The van der Waals surface area contributed by atoms with Gasteiger partial charge in [-0.25, -0.2) is 0 Å². The first kappa shape index (κ1) is 30.0. The van der Waals surface area contributed by atoms with E-state index < -0.39 is 7.14 Å². The summed E-state index contributed by atoms with van der Waals surface area (Å²) in [6.45, 7) is 4.55. The normalized spacial score (nSPS) is 13.8. The number of rotatable bonds is 4. The monoisotopic (exact) mass is 676 g/mol. The highest BCUT2D eigenvalue weighted by atomic mass is 31.2. The van der Waals surface area contributed by atoms with E-state index in [1.807, 2.05) is 78.9 Å². The van der Waals surface area contributed by atoms with E-state index in [9.17, 15) is 0 Å². The Morgan fingerprint density at radius 2 is 0.902 bits per heavy atom. The second-order valence-corrected chi connectivity index (χ2v) is 16.8. The number of hydrogen-bond acceptors (Lipinski definition) is 3. The number of benzene rings is 8. The molecule has 4 heteroatoms. The second-order valence-electron chi connectivity index (χ2n) is 14.0. The Kier molecular flexibility index (Phi) is 6.50. The van der Waals surface area contributed by atoms with Gasteiger partial charge in [0.25, 0.3) is 0 Å². The predicted octanol–water partition coefficient (Wildman–Crippen LogP) is 11.5. The quantitative estimate of drug-likeness (QED) is 0.137. The van der Waals surface area contributed by atoms with Gasteiger partial charge in [0, 0.05) is 32.1 Å². The number of fused-ring (bicyclic) bond motifs is 10. The van der Waals surface area contributed by atoms with Crippen molar-refractivity contribution in [3.05, 3.63) is 175 Å². The molecule has 0 unspecified atom stereocenters. The standard InChI is InChI=1S/C47H33O3P/c1-47(2)41-27-30(31-22-26-43-44(28-31)50-46-40-20-12-10-18-36(40)35-17-9-11-19-39(35)45(46)49-43)21-24-37(41)38-25-23-34(29-42(38)47)51(48,32-13-5-3-6-14-32)33-15-7-4-8-16-33/h3-29H,1-2H3. The Labute approximate surface area is 297 Å². The zero-order valence-electron chi connectivity index (χ0n) is 28.3. The first-order valence-corrected chi connectivity index (χ1v) is 19.1. The maximum Gasteiger partial charge on any atom is 0.178 e. The molecule has 8 aromatic rings. The Morgan fingerprint density at radius 1 is 0.431 bits per heavy atom. The topological polar surface area (TPSA) is 35.5 Å². The van der Waals surface area contributed by atoms with Crippen molar-refractivity contribution in [2.45, 2.75) is 19.3 Å². The Balaban J connectivity index is 1.04. The third kappa shape index (κ3) is 4.41. The average Bonchev–Trinajstić information content (AvgIpc) is 3.42. The fourth-order valence-electron chi connectivity index (χ4n) is 8.17. The van der Waals surface area contributed by atoms with Crippen molar-refractivity contribution >= 4 is 44.6 Å². The van der Waals surface area contributed by atoms with Gasteiger partial charge in [-0.1, -0.05) is 153 Å². The van der Waals surface area contributed by atoms with E-state index in [-0.39, 0.29) is 5.41 Å². The Hall–Kier alpha value is -5.89. The van der Waals surface area contributed by atoms with Gasteiger partial charge in [0.2, 0.25) is 0 Å². The lowest BCUT2D eigenvalue weighted by Gasteiger charge is -2.25. The molecule has 244 valence electrons. The molecular weight excluding hydrogens is 643 g/mol. The van der Waals surface area contributed by atoms with Crippen molar-refractivity contribution < 1.29 is 14.0 Å². The maximum atomic E-state index is 15.3. The summed E-state index contributed by atoms with van der Waals surface area (Å²) in [4.78, 5) is 0. The van der Waals surface area contributed by atoms with Gasteiger partial charge < -0.3 is 14.0 Å². The van der Waals surface area contributed by atoms with Gasteiger partial charge in [0.15, 0.2) is 30.1 Å². The molecule has 3 nitrogen and oxygen atoms in total. The van der Waals surface area contributed by atoms with Crippen molar-refractivity contribution in [3.63, 3.8) is 0 Å². The lowest BCUT2D eigenvalue weighted by Crippen LogP contribution is -2.26. The molecule has 1 aliphatic heterocycles. The molecule has 2 aliphatic rings. The molecule has 0 bridgehead atoms. The predicted molar refractivity (Wildman–Crippen MR) is 210 cm³/mol. The molecule has 0 aromatic heterocycles. The van der Waals surface area contributed by atoms with Crippen LogP contribution in [0.15, 0.2) is 164 Å². The summed E-state index contributed by atoms with van der Waals surface area (Å²) in [7, 11) is -3.11. The van der Waals surface area contributed by atoms with Crippen molar-refractivity contribution in [1.82, 2.24) is 0 Å². The Bertz CT molecular complexity index is 2710. The van der Waals surface area contributed by atoms with E-state index in [1.54, 1.807) is 0 Å². The largest absolute Gasteiger partial charge is 0.449 e. The molecule has 1 aliphatic carbocycles.